The first-order valence-electron chi connectivity index (χ1n) is 7.97. The van der Waals surface area contributed by atoms with E-state index in [0.717, 1.165) is 11.1 Å². The van der Waals surface area contributed by atoms with Crippen molar-refractivity contribution in [2.75, 3.05) is 13.7 Å². The summed E-state index contributed by atoms with van der Waals surface area (Å²) in [6.45, 7) is 9.50. The van der Waals surface area contributed by atoms with Gasteiger partial charge in [0.2, 0.25) is 0 Å². The van der Waals surface area contributed by atoms with Crippen LogP contribution < -0.4 is 0 Å². The fourth-order valence-electron chi connectivity index (χ4n) is 2.46. The molecule has 1 fully saturated rings. The lowest BCUT2D eigenvalue weighted by molar-refractivity contribution is 0.00578. The van der Waals surface area contributed by atoms with Crippen LogP contribution in [-0.2, 0) is 14.0 Å². The minimum Gasteiger partial charge on any atom is -0.465 e. The molecule has 1 aromatic rings. The van der Waals surface area contributed by atoms with E-state index in [-0.39, 0.29) is 12.6 Å². The van der Waals surface area contributed by atoms with Gasteiger partial charge < -0.3 is 19.2 Å². The first-order valence-corrected chi connectivity index (χ1v) is 7.97. The van der Waals surface area contributed by atoms with Gasteiger partial charge in [0, 0.05) is 0 Å². The fraction of sp³-hybridized carbons (Fsp3) is 0.500. The highest BCUT2D eigenvalue weighted by molar-refractivity contribution is 6.55. The number of carbonyl (C=O) groups is 1. The Morgan fingerprint density at radius 2 is 1.83 bits per heavy atom. The molecule has 0 amide bonds. The van der Waals surface area contributed by atoms with E-state index in [1.165, 1.54) is 7.11 Å². The summed E-state index contributed by atoms with van der Waals surface area (Å²) in [7, 11) is 0.733. The van der Waals surface area contributed by atoms with E-state index >= 15 is 0 Å². The van der Waals surface area contributed by atoms with Crippen LogP contribution in [0.5, 0.6) is 0 Å². The summed E-state index contributed by atoms with van der Waals surface area (Å²) >= 11 is 0. The van der Waals surface area contributed by atoms with Crippen molar-refractivity contribution in [3.05, 3.63) is 40.4 Å². The molecule has 0 atom stereocenters. The summed E-state index contributed by atoms with van der Waals surface area (Å²) < 4.78 is 16.7. The maximum absolute atomic E-state index is 11.8. The second kappa shape index (κ2) is 6.71. The van der Waals surface area contributed by atoms with Crippen molar-refractivity contribution in [2.24, 2.45) is 0 Å². The molecule has 1 aromatic carbocycles. The van der Waals surface area contributed by atoms with Crippen LogP contribution in [0.25, 0.3) is 6.08 Å². The largest absolute Gasteiger partial charge is 0.492 e. The van der Waals surface area contributed by atoms with E-state index < -0.39 is 18.3 Å². The van der Waals surface area contributed by atoms with Gasteiger partial charge in [-0.3, -0.25) is 0 Å². The van der Waals surface area contributed by atoms with Crippen LogP contribution in [0.2, 0.25) is 0 Å². The second-order valence-electron chi connectivity index (χ2n) is 7.03. The number of hydrogen-bond acceptors (Lipinski definition) is 5. The first kappa shape index (κ1) is 18.7. The van der Waals surface area contributed by atoms with E-state index in [0.29, 0.717) is 11.0 Å². The Kier molecular flexibility index (Phi) is 5.23. The van der Waals surface area contributed by atoms with E-state index in [4.69, 9.17) is 14.0 Å². The zero-order valence-electron chi connectivity index (χ0n) is 15.2. The summed E-state index contributed by atoms with van der Waals surface area (Å²) in [5, 5.41) is 9.75. The number of hydrogen-bond donors (Lipinski definition) is 1. The summed E-state index contributed by atoms with van der Waals surface area (Å²) in [5.41, 5.74) is 1.76. The molecule has 1 aliphatic rings. The second-order valence-corrected chi connectivity index (χ2v) is 7.03. The van der Waals surface area contributed by atoms with Gasteiger partial charge in [-0.1, -0.05) is 18.2 Å². The number of carbonyl (C=O) groups excluding carboxylic acids is 1. The van der Waals surface area contributed by atoms with Gasteiger partial charge in [-0.05, 0) is 57.3 Å². The molecule has 1 saturated heterocycles. The van der Waals surface area contributed by atoms with Crippen molar-refractivity contribution in [1.29, 1.82) is 0 Å². The third-order valence-electron chi connectivity index (χ3n) is 4.76. The smallest absolute Gasteiger partial charge is 0.465 e. The zero-order chi connectivity index (χ0) is 18.1. The Morgan fingerprint density at radius 3 is 2.33 bits per heavy atom. The number of benzene rings is 1. The zero-order valence-corrected chi connectivity index (χ0v) is 15.2. The monoisotopic (exact) mass is 332 g/mol. The molecule has 0 aromatic heterocycles. The molecule has 5 nitrogen and oxygen atoms in total. The predicted molar refractivity (Wildman–Crippen MR) is 93.7 cm³/mol. The molecule has 0 spiro atoms. The van der Waals surface area contributed by atoms with Gasteiger partial charge in [-0.25, -0.2) is 4.79 Å². The SMILES string of the molecule is COC(=O)c1cc(C=C(CO)B2OC(C)(C)C(C)(C)O2)ccc1C. The van der Waals surface area contributed by atoms with Crippen molar-refractivity contribution in [2.45, 2.75) is 45.8 Å². The van der Waals surface area contributed by atoms with Crippen LogP contribution in [-0.4, -0.2) is 43.1 Å². The number of methoxy groups -OCH3 is 1. The lowest BCUT2D eigenvalue weighted by Crippen LogP contribution is -2.41. The van der Waals surface area contributed by atoms with E-state index in [2.05, 4.69) is 0 Å². The van der Waals surface area contributed by atoms with Crippen LogP contribution in [0.3, 0.4) is 0 Å². The summed E-state index contributed by atoms with van der Waals surface area (Å²) in [6, 6.07) is 5.46. The fourth-order valence-corrected chi connectivity index (χ4v) is 2.46. The maximum Gasteiger partial charge on any atom is 0.492 e. The highest BCUT2D eigenvalue weighted by Crippen LogP contribution is 2.38. The summed E-state index contributed by atoms with van der Waals surface area (Å²) in [5.74, 6) is -0.385. The van der Waals surface area contributed by atoms with Gasteiger partial charge >= 0.3 is 13.1 Å². The molecule has 1 N–H and O–H groups in total. The molecule has 0 radical (unpaired) electrons. The van der Waals surface area contributed by atoms with Gasteiger partial charge in [0.05, 0.1) is 30.5 Å². The molecule has 0 bridgehead atoms. The lowest BCUT2D eigenvalue weighted by Gasteiger charge is -2.32. The molecule has 130 valence electrons. The van der Waals surface area contributed by atoms with E-state index in [1.807, 2.05) is 46.8 Å². The molecule has 0 aliphatic carbocycles. The van der Waals surface area contributed by atoms with Gasteiger partial charge in [0.15, 0.2) is 0 Å². The van der Waals surface area contributed by atoms with Gasteiger partial charge in [0.1, 0.15) is 0 Å². The third-order valence-corrected chi connectivity index (χ3v) is 4.76. The topological polar surface area (TPSA) is 65.0 Å². The van der Waals surface area contributed by atoms with Gasteiger partial charge in [-0.15, -0.1) is 0 Å². The third kappa shape index (κ3) is 3.56. The van der Waals surface area contributed by atoms with Crippen LogP contribution in [0.1, 0.15) is 49.2 Å². The maximum atomic E-state index is 11.8. The highest BCUT2D eigenvalue weighted by atomic mass is 16.7. The normalized spacial score (nSPS) is 19.5. The standard InChI is InChI=1S/C18H25BO5/c1-12-7-8-13(10-15(12)16(21)22-6)9-14(11-20)19-23-17(2,3)18(4,5)24-19/h7-10,20H,11H2,1-6H3. The van der Waals surface area contributed by atoms with Crippen molar-refractivity contribution >= 4 is 19.2 Å². The Hall–Kier alpha value is -1.63. The molecule has 0 unspecified atom stereocenters. The molecular formula is C18H25BO5. The minimum atomic E-state index is -0.622. The Labute approximate surface area is 143 Å². The Bertz CT molecular complexity index is 647. The number of rotatable bonds is 4. The average molecular weight is 332 g/mol. The molecular weight excluding hydrogens is 307 g/mol. The van der Waals surface area contributed by atoms with Gasteiger partial charge in [0.25, 0.3) is 0 Å². The number of aliphatic hydroxyl groups is 1. The van der Waals surface area contributed by atoms with Crippen molar-refractivity contribution in [3.63, 3.8) is 0 Å². The number of aryl methyl sites for hydroxylation is 1. The Balaban J connectivity index is 2.34. The average Bonchev–Trinajstić information content (AvgIpc) is 2.73. The van der Waals surface area contributed by atoms with Crippen molar-refractivity contribution in [3.8, 4) is 0 Å². The molecule has 2 rings (SSSR count). The minimum absolute atomic E-state index is 0.196. The summed E-state index contributed by atoms with van der Waals surface area (Å²) in [4.78, 5) is 11.8. The number of esters is 1. The van der Waals surface area contributed by atoms with Crippen LogP contribution >= 0.6 is 0 Å². The van der Waals surface area contributed by atoms with E-state index in [9.17, 15) is 9.90 Å². The van der Waals surface area contributed by atoms with Crippen LogP contribution in [0.15, 0.2) is 23.7 Å². The molecule has 1 heterocycles. The first-order chi connectivity index (χ1) is 11.1. The van der Waals surface area contributed by atoms with Crippen molar-refractivity contribution in [1.82, 2.24) is 0 Å². The molecule has 6 heteroatoms. The van der Waals surface area contributed by atoms with Crippen LogP contribution in [0.4, 0.5) is 0 Å². The Morgan fingerprint density at radius 1 is 1.25 bits per heavy atom. The highest BCUT2D eigenvalue weighted by Gasteiger charge is 2.52. The lowest BCUT2D eigenvalue weighted by atomic mass is 9.77. The predicted octanol–water partition coefficient (Wildman–Crippen LogP) is 2.79. The van der Waals surface area contributed by atoms with Crippen molar-refractivity contribution < 1.29 is 23.9 Å². The number of aliphatic hydroxyl groups excluding tert-OH is 1. The summed E-state index contributed by atoms with van der Waals surface area (Å²) in [6.07, 6.45) is 1.79. The molecule has 24 heavy (non-hydrogen) atoms. The molecule has 1 aliphatic heterocycles. The van der Waals surface area contributed by atoms with E-state index in [1.54, 1.807) is 12.1 Å². The molecule has 0 saturated carbocycles. The van der Waals surface area contributed by atoms with Crippen LogP contribution in [0, 0.1) is 6.92 Å². The quantitative estimate of drug-likeness (QED) is 0.678. The number of ether oxygens (including phenoxy) is 1. The van der Waals surface area contributed by atoms with Gasteiger partial charge in [-0.2, -0.15) is 0 Å².